The largest absolute Gasteiger partial charge is 0.472 e. The van der Waals surface area contributed by atoms with Crippen LogP contribution in [0.1, 0.15) is 27.2 Å². The van der Waals surface area contributed by atoms with Crippen LogP contribution in [0, 0.1) is 5.92 Å². The van der Waals surface area contributed by atoms with Gasteiger partial charge in [-0.25, -0.2) is 9.36 Å². The fraction of sp³-hybridized carbons (Fsp3) is 0.789. The Bertz CT molecular complexity index is 606. The number of nitrogens with one attached hydrogen (secondary N) is 1. The standard InChI is InChI=1S/C19H37N2O8P/c1-8-16(19(23)26-9-2)12-20-13-17(14-27-18(22)15(3)4)29-30(24,25)28-11-10-21(5,6)7/h16-17,20H,3,8-14H2,1-2,4-7H3/p+1. The molecule has 11 heteroatoms. The lowest BCUT2D eigenvalue weighted by Gasteiger charge is -2.25. The van der Waals surface area contributed by atoms with Crippen molar-refractivity contribution < 1.29 is 42.1 Å². The summed E-state index contributed by atoms with van der Waals surface area (Å²) in [6.07, 6.45) is -0.401. The van der Waals surface area contributed by atoms with Crippen molar-refractivity contribution in [3.8, 4) is 0 Å². The molecule has 0 aliphatic heterocycles. The van der Waals surface area contributed by atoms with Crippen LogP contribution < -0.4 is 5.32 Å². The molecule has 30 heavy (non-hydrogen) atoms. The number of carbonyl (C=O) groups excluding carboxylic acids is 2. The third-order valence-electron chi connectivity index (χ3n) is 3.92. The molecule has 0 saturated heterocycles. The van der Waals surface area contributed by atoms with Crippen molar-refractivity contribution in [2.45, 2.75) is 33.3 Å². The Morgan fingerprint density at radius 2 is 1.80 bits per heavy atom. The molecule has 0 aromatic heterocycles. The molecule has 0 aliphatic carbocycles. The van der Waals surface area contributed by atoms with E-state index in [1.807, 2.05) is 28.1 Å². The summed E-state index contributed by atoms with van der Waals surface area (Å²) in [6.45, 7) is 9.43. The third-order valence-corrected chi connectivity index (χ3v) is 5.00. The molecule has 0 spiro atoms. The molecule has 0 saturated carbocycles. The first-order chi connectivity index (χ1) is 13.8. The van der Waals surface area contributed by atoms with Crippen LogP contribution in [0.5, 0.6) is 0 Å². The molecule has 3 unspecified atom stereocenters. The molecule has 0 aromatic rings. The summed E-state index contributed by atoms with van der Waals surface area (Å²) in [7, 11) is 1.39. The average molecular weight is 453 g/mol. The minimum atomic E-state index is -4.37. The van der Waals surface area contributed by atoms with Crippen LogP contribution in [0.2, 0.25) is 0 Å². The first-order valence-electron chi connectivity index (χ1n) is 9.97. The second kappa shape index (κ2) is 13.9. The Hall–Kier alpha value is -1.29. The zero-order valence-electron chi connectivity index (χ0n) is 19.0. The second-order valence-electron chi connectivity index (χ2n) is 7.94. The van der Waals surface area contributed by atoms with E-state index in [9.17, 15) is 19.0 Å². The van der Waals surface area contributed by atoms with Crippen molar-refractivity contribution in [1.29, 1.82) is 0 Å². The van der Waals surface area contributed by atoms with Gasteiger partial charge in [0.05, 0.1) is 33.7 Å². The number of carbonyl (C=O) groups is 2. The monoisotopic (exact) mass is 453 g/mol. The normalized spacial score (nSPS) is 15.7. The Morgan fingerprint density at radius 1 is 1.17 bits per heavy atom. The van der Waals surface area contributed by atoms with Gasteiger partial charge < -0.3 is 24.2 Å². The number of quaternary nitrogens is 1. The lowest BCUT2D eigenvalue weighted by atomic mass is 10.1. The maximum Gasteiger partial charge on any atom is 0.472 e. The lowest BCUT2D eigenvalue weighted by Crippen LogP contribution is -2.38. The number of likely N-dealkylation sites (N-methyl/N-ethyl adjacent to an activating group) is 1. The van der Waals surface area contributed by atoms with Crippen molar-refractivity contribution in [3.63, 3.8) is 0 Å². The van der Waals surface area contributed by atoms with Gasteiger partial charge in [-0.3, -0.25) is 13.8 Å². The highest BCUT2D eigenvalue weighted by atomic mass is 31.2. The Labute approximate surface area is 179 Å². The van der Waals surface area contributed by atoms with E-state index in [0.29, 0.717) is 17.4 Å². The molecule has 2 N–H and O–H groups in total. The van der Waals surface area contributed by atoms with Gasteiger partial charge in [0.25, 0.3) is 0 Å². The van der Waals surface area contributed by atoms with Gasteiger partial charge in [0.1, 0.15) is 25.9 Å². The number of nitrogens with zero attached hydrogens (tertiary/aromatic N) is 1. The zero-order chi connectivity index (χ0) is 23.4. The minimum Gasteiger partial charge on any atom is -0.466 e. The SMILES string of the molecule is C=C(C)C(=O)OCC(CNCC(CC)C(=O)OCC)OP(=O)(O)OCC[N+](C)(C)C. The van der Waals surface area contributed by atoms with E-state index in [0.717, 1.165) is 0 Å². The summed E-state index contributed by atoms with van der Waals surface area (Å²) in [5.41, 5.74) is 0.196. The number of rotatable bonds is 16. The van der Waals surface area contributed by atoms with Crippen LogP contribution >= 0.6 is 7.82 Å². The van der Waals surface area contributed by atoms with E-state index in [2.05, 4.69) is 11.9 Å². The van der Waals surface area contributed by atoms with Gasteiger partial charge in [-0.1, -0.05) is 13.5 Å². The van der Waals surface area contributed by atoms with Crippen LogP contribution in [-0.4, -0.2) is 88.0 Å². The molecule has 0 heterocycles. The molecular formula is C19H38N2O8P+. The van der Waals surface area contributed by atoms with Crippen LogP contribution in [0.25, 0.3) is 0 Å². The van der Waals surface area contributed by atoms with Crippen molar-refractivity contribution >= 4 is 19.8 Å². The van der Waals surface area contributed by atoms with E-state index in [-0.39, 0.29) is 50.4 Å². The molecule has 0 rings (SSSR count). The van der Waals surface area contributed by atoms with Gasteiger partial charge in [-0.15, -0.1) is 0 Å². The van der Waals surface area contributed by atoms with Crippen molar-refractivity contribution in [2.75, 3.05) is 60.6 Å². The predicted octanol–water partition coefficient (Wildman–Crippen LogP) is 1.49. The minimum absolute atomic E-state index is 0.0176. The maximum absolute atomic E-state index is 12.3. The number of phosphoric ester groups is 1. The molecule has 3 atom stereocenters. The lowest BCUT2D eigenvalue weighted by molar-refractivity contribution is -0.870. The molecule has 0 radical (unpaired) electrons. The summed E-state index contributed by atoms with van der Waals surface area (Å²) >= 11 is 0. The van der Waals surface area contributed by atoms with Crippen molar-refractivity contribution in [1.82, 2.24) is 5.32 Å². The van der Waals surface area contributed by atoms with Crippen LogP contribution in [0.3, 0.4) is 0 Å². The maximum atomic E-state index is 12.3. The topological polar surface area (TPSA) is 120 Å². The Balaban J connectivity index is 4.88. The molecule has 0 bridgehead atoms. The summed E-state index contributed by atoms with van der Waals surface area (Å²) in [5, 5.41) is 3.00. The molecule has 10 nitrogen and oxygen atoms in total. The van der Waals surface area contributed by atoms with Gasteiger partial charge >= 0.3 is 19.8 Å². The number of hydrogen-bond donors (Lipinski definition) is 2. The first-order valence-corrected chi connectivity index (χ1v) is 11.5. The van der Waals surface area contributed by atoms with Gasteiger partial charge in [0.15, 0.2) is 0 Å². The molecule has 176 valence electrons. The van der Waals surface area contributed by atoms with Crippen molar-refractivity contribution in [3.05, 3.63) is 12.2 Å². The Morgan fingerprint density at radius 3 is 2.30 bits per heavy atom. The van der Waals surface area contributed by atoms with Gasteiger partial charge in [-0.05, 0) is 20.3 Å². The second-order valence-corrected chi connectivity index (χ2v) is 9.34. The Kier molecular flexibility index (Phi) is 13.3. The van der Waals surface area contributed by atoms with Crippen LogP contribution in [0.4, 0.5) is 0 Å². The van der Waals surface area contributed by atoms with Crippen LogP contribution in [-0.2, 0) is 32.7 Å². The first kappa shape index (κ1) is 28.7. The smallest absolute Gasteiger partial charge is 0.466 e. The summed E-state index contributed by atoms with van der Waals surface area (Å²) in [4.78, 5) is 33.6. The molecular weight excluding hydrogens is 415 g/mol. The van der Waals surface area contributed by atoms with Gasteiger partial charge in [0.2, 0.25) is 0 Å². The summed E-state index contributed by atoms with van der Waals surface area (Å²) in [6, 6.07) is 0. The molecule has 0 aromatic carbocycles. The van der Waals surface area contributed by atoms with Crippen LogP contribution in [0.15, 0.2) is 12.2 Å². The van der Waals surface area contributed by atoms with Crippen molar-refractivity contribution in [2.24, 2.45) is 5.92 Å². The fourth-order valence-electron chi connectivity index (χ4n) is 2.14. The van der Waals surface area contributed by atoms with E-state index >= 15 is 0 Å². The average Bonchev–Trinajstić information content (AvgIpc) is 2.61. The molecule has 0 amide bonds. The quantitative estimate of drug-likeness (QED) is 0.155. The predicted molar refractivity (Wildman–Crippen MR) is 113 cm³/mol. The third kappa shape index (κ3) is 13.8. The fourth-order valence-corrected chi connectivity index (χ4v) is 3.03. The number of esters is 2. The van der Waals surface area contributed by atoms with E-state index in [1.54, 1.807) is 6.92 Å². The van der Waals surface area contributed by atoms with Gasteiger partial charge in [0, 0.05) is 18.7 Å². The molecule has 0 fully saturated rings. The summed E-state index contributed by atoms with van der Waals surface area (Å²) in [5.74, 6) is -1.33. The highest BCUT2D eigenvalue weighted by Gasteiger charge is 2.29. The number of phosphoric acid groups is 1. The zero-order valence-corrected chi connectivity index (χ0v) is 19.9. The van der Waals surface area contributed by atoms with E-state index in [1.165, 1.54) is 6.92 Å². The number of ether oxygens (including phenoxy) is 2. The number of hydrogen-bond acceptors (Lipinski definition) is 8. The summed E-state index contributed by atoms with van der Waals surface area (Å²) < 4.78 is 33.1. The van der Waals surface area contributed by atoms with Gasteiger partial charge in [-0.2, -0.15) is 0 Å². The van der Waals surface area contributed by atoms with E-state index in [4.69, 9.17) is 18.5 Å². The highest BCUT2D eigenvalue weighted by molar-refractivity contribution is 7.47. The highest BCUT2D eigenvalue weighted by Crippen LogP contribution is 2.44. The molecule has 0 aliphatic rings. The van der Waals surface area contributed by atoms with E-state index < -0.39 is 19.9 Å².